The standard InChI is InChI=1S/C13H19NO4/c1-13(17,9-15)8-14-12(16)7-10-5-3-4-6-11(10)18-2/h3-6,15,17H,7-9H2,1-2H3,(H,14,16). The quantitative estimate of drug-likeness (QED) is 0.671. The van der Waals surface area contributed by atoms with Crippen LogP contribution in [0.1, 0.15) is 12.5 Å². The lowest BCUT2D eigenvalue weighted by Crippen LogP contribution is -2.43. The van der Waals surface area contributed by atoms with Gasteiger partial charge in [0.05, 0.1) is 20.1 Å². The molecule has 1 aromatic carbocycles. The molecule has 0 fully saturated rings. The van der Waals surface area contributed by atoms with Crippen molar-refractivity contribution in [2.24, 2.45) is 0 Å². The van der Waals surface area contributed by atoms with Crippen LogP contribution in [0.5, 0.6) is 5.75 Å². The van der Waals surface area contributed by atoms with Gasteiger partial charge in [-0.2, -0.15) is 0 Å². The Hall–Kier alpha value is -1.59. The van der Waals surface area contributed by atoms with Crippen molar-refractivity contribution >= 4 is 5.91 Å². The average molecular weight is 253 g/mol. The number of methoxy groups -OCH3 is 1. The van der Waals surface area contributed by atoms with Gasteiger partial charge < -0.3 is 20.3 Å². The molecule has 5 heteroatoms. The summed E-state index contributed by atoms with van der Waals surface area (Å²) in [6, 6.07) is 7.25. The van der Waals surface area contributed by atoms with E-state index in [1.54, 1.807) is 13.2 Å². The van der Waals surface area contributed by atoms with Gasteiger partial charge in [0.25, 0.3) is 0 Å². The first-order valence-electron chi connectivity index (χ1n) is 5.70. The lowest BCUT2D eigenvalue weighted by atomic mass is 10.1. The highest BCUT2D eigenvalue weighted by Gasteiger charge is 2.20. The molecule has 0 bridgehead atoms. The fraction of sp³-hybridized carbons (Fsp3) is 0.462. The molecule has 0 saturated carbocycles. The Morgan fingerprint density at radius 1 is 1.44 bits per heavy atom. The van der Waals surface area contributed by atoms with E-state index < -0.39 is 12.2 Å². The monoisotopic (exact) mass is 253 g/mol. The van der Waals surface area contributed by atoms with Crippen LogP contribution in [0, 0.1) is 0 Å². The van der Waals surface area contributed by atoms with Crippen molar-refractivity contribution in [2.75, 3.05) is 20.3 Å². The predicted octanol–water partition coefficient (Wildman–Crippen LogP) is 0.0972. The number of hydrogen-bond acceptors (Lipinski definition) is 4. The summed E-state index contributed by atoms with van der Waals surface area (Å²) in [6.45, 7) is 1.07. The average Bonchev–Trinajstić information content (AvgIpc) is 2.37. The van der Waals surface area contributed by atoms with Crippen LogP contribution in [0.2, 0.25) is 0 Å². The highest BCUT2D eigenvalue weighted by atomic mass is 16.5. The van der Waals surface area contributed by atoms with Gasteiger partial charge in [0.15, 0.2) is 0 Å². The van der Waals surface area contributed by atoms with Crippen LogP contribution in [0.25, 0.3) is 0 Å². The molecular weight excluding hydrogens is 234 g/mol. The molecule has 0 spiro atoms. The molecule has 1 atom stereocenters. The molecule has 3 N–H and O–H groups in total. The molecule has 1 rings (SSSR count). The normalized spacial score (nSPS) is 13.8. The summed E-state index contributed by atoms with van der Waals surface area (Å²) in [5.74, 6) is 0.426. The second kappa shape index (κ2) is 6.37. The summed E-state index contributed by atoms with van der Waals surface area (Å²) in [5.41, 5.74) is -0.516. The van der Waals surface area contributed by atoms with Gasteiger partial charge in [-0.25, -0.2) is 0 Å². The lowest BCUT2D eigenvalue weighted by molar-refractivity contribution is -0.122. The van der Waals surface area contributed by atoms with Crippen LogP contribution in [0.4, 0.5) is 0 Å². The third-order valence-electron chi connectivity index (χ3n) is 2.55. The maximum atomic E-state index is 11.7. The number of hydrogen-bond donors (Lipinski definition) is 3. The summed E-state index contributed by atoms with van der Waals surface area (Å²) >= 11 is 0. The largest absolute Gasteiger partial charge is 0.496 e. The Labute approximate surface area is 106 Å². The second-order valence-electron chi connectivity index (χ2n) is 4.42. The number of nitrogens with one attached hydrogen (secondary N) is 1. The van der Waals surface area contributed by atoms with Crippen LogP contribution in [-0.4, -0.2) is 42.0 Å². The van der Waals surface area contributed by atoms with E-state index in [1.807, 2.05) is 18.2 Å². The highest BCUT2D eigenvalue weighted by molar-refractivity contribution is 5.79. The molecule has 0 saturated heterocycles. The number of carbonyl (C=O) groups is 1. The summed E-state index contributed by atoms with van der Waals surface area (Å²) in [6.07, 6.45) is 0.172. The minimum atomic E-state index is -1.30. The van der Waals surface area contributed by atoms with Gasteiger partial charge >= 0.3 is 0 Å². The smallest absolute Gasteiger partial charge is 0.224 e. The summed E-state index contributed by atoms with van der Waals surface area (Å²) in [4.78, 5) is 11.7. The summed E-state index contributed by atoms with van der Waals surface area (Å²) in [7, 11) is 1.55. The molecule has 1 amide bonds. The molecule has 0 radical (unpaired) electrons. The number of para-hydroxylation sites is 1. The van der Waals surface area contributed by atoms with Gasteiger partial charge in [0.1, 0.15) is 11.4 Å². The Balaban J connectivity index is 2.55. The van der Waals surface area contributed by atoms with Crippen molar-refractivity contribution in [1.82, 2.24) is 5.32 Å². The van der Waals surface area contributed by atoms with Crippen LogP contribution in [0.15, 0.2) is 24.3 Å². The zero-order chi connectivity index (χ0) is 13.6. The molecule has 18 heavy (non-hydrogen) atoms. The zero-order valence-electron chi connectivity index (χ0n) is 10.6. The van der Waals surface area contributed by atoms with Crippen molar-refractivity contribution < 1.29 is 19.7 Å². The second-order valence-corrected chi connectivity index (χ2v) is 4.42. The van der Waals surface area contributed by atoms with Crippen molar-refractivity contribution in [3.63, 3.8) is 0 Å². The van der Waals surface area contributed by atoms with E-state index >= 15 is 0 Å². The Morgan fingerprint density at radius 2 is 2.11 bits per heavy atom. The van der Waals surface area contributed by atoms with Crippen molar-refractivity contribution in [3.05, 3.63) is 29.8 Å². The first-order valence-corrected chi connectivity index (χ1v) is 5.70. The van der Waals surface area contributed by atoms with Crippen LogP contribution in [0.3, 0.4) is 0 Å². The first kappa shape index (κ1) is 14.5. The van der Waals surface area contributed by atoms with E-state index in [9.17, 15) is 9.90 Å². The van der Waals surface area contributed by atoms with Gasteiger partial charge in [-0.15, -0.1) is 0 Å². The number of benzene rings is 1. The summed E-state index contributed by atoms with van der Waals surface area (Å²) < 4.78 is 5.14. The Kier molecular flexibility index (Phi) is 5.12. The van der Waals surface area contributed by atoms with Crippen LogP contribution >= 0.6 is 0 Å². The van der Waals surface area contributed by atoms with Crippen molar-refractivity contribution in [2.45, 2.75) is 18.9 Å². The zero-order valence-corrected chi connectivity index (χ0v) is 10.6. The maximum absolute atomic E-state index is 11.7. The van der Waals surface area contributed by atoms with Gasteiger partial charge in [0, 0.05) is 12.1 Å². The van der Waals surface area contributed by atoms with E-state index in [1.165, 1.54) is 6.92 Å². The fourth-order valence-electron chi connectivity index (χ4n) is 1.43. The molecular formula is C13H19NO4. The Bertz CT molecular complexity index is 404. The number of amides is 1. The van der Waals surface area contributed by atoms with E-state index in [-0.39, 0.29) is 18.9 Å². The number of aliphatic hydroxyl groups is 2. The number of aliphatic hydroxyl groups excluding tert-OH is 1. The van der Waals surface area contributed by atoms with E-state index in [0.717, 1.165) is 5.56 Å². The van der Waals surface area contributed by atoms with E-state index in [2.05, 4.69) is 5.32 Å². The van der Waals surface area contributed by atoms with Crippen molar-refractivity contribution in [1.29, 1.82) is 0 Å². The number of rotatable bonds is 6. The highest BCUT2D eigenvalue weighted by Crippen LogP contribution is 2.17. The third kappa shape index (κ3) is 4.35. The van der Waals surface area contributed by atoms with Gasteiger partial charge in [0.2, 0.25) is 5.91 Å². The van der Waals surface area contributed by atoms with Gasteiger partial charge in [-0.3, -0.25) is 4.79 Å². The van der Waals surface area contributed by atoms with E-state index in [4.69, 9.17) is 9.84 Å². The Morgan fingerprint density at radius 3 is 2.72 bits per heavy atom. The maximum Gasteiger partial charge on any atom is 0.224 e. The minimum absolute atomic E-state index is 0.0114. The minimum Gasteiger partial charge on any atom is -0.496 e. The summed E-state index contributed by atoms with van der Waals surface area (Å²) in [5, 5.41) is 21.0. The van der Waals surface area contributed by atoms with Gasteiger partial charge in [-0.05, 0) is 13.0 Å². The lowest BCUT2D eigenvalue weighted by Gasteiger charge is -2.20. The number of carbonyl (C=O) groups excluding carboxylic acids is 1. The fourth-order valence-corrected chi connectivity index (χ4v) is 1.43. The topological polar surface area (TPSA) is 78.8 Å². The van der Waals surface area contributed by atoms with Crippen LogP contribution < -0.4 is 10.1 Å². The molecule has 1 aromatic rings. The van der Waals surface area contributed by atoms with Crippen molar-refractivity contribution in [3.8, 4) is 5.75 Å². The van der Waals surface area contributed by atoms with Gasteiger partial charge in [-0.1, -0.05) is 18.2 Å². The van der Waals surface area contributed by atoms with E-state index in [0.29, 0.717) is 5.75 Å². The molecule has 0 heterocycles. The molecule has 0 aliphatic carbocycles. The number of ether oxygens (including phenoxy) is 1. The molecule has 5 nitrogen and oxygen atoms in total. The SMILES string of the molecule is COc1ccccc1CC(=O)NCC(C)(O)CO. The van der Waals surface area contributed by atoms with Crippen LogP contribution in [-0.2, 0) is 11.2 Å². The molecule has 0 aliphatic rings. The molecule has 100 valence electrons. The molecule has 0 aliphatic heterocycles. The molecule has 0 aromatic heterocycles. The predicted molar refractivity (Wildman–Crippen MR) is 67.4 cm³/mol. The molecule has 1 unspecified atom stereocenters. The third-order valence-corrected chi connectivity index (χ3v) is 2.55. The first-order chi connectivity index (χ1) is 8.48.